The molecule has 4 heteroatoms. The van der Waals surface area contributed by atoms with Crippen molar-refractivity contribution in [2.24, 2.45) is 0 Å². The van der Waals surface area contributed by atoms with Crippen LogP contribution in [0, 0.1) is 0 Å². The number of hydrogen-bond donors (Lipinski definition) is 3. The van der Waals surface area contributed by atoms with Crippen LogP contribution in [0.15, 0.2) is 109 Å². The molecular formula is C30H25NO3. The van der Waals surface area contributed by atoms with Crippen molar-refractivity contribution in [1.29, 1.82) is 0 Å². The van der Waals surface area contributed by atoms with Gasteiger partial charge in [-0.1, -0.05) is 60.7 Å². The van der Waals surface area contributed by atoms with E-state index in [1.165, 1.54) is 0 Å². The average molecular weight is 448 g/mol. The Kier molecular flexibility index (Phi) is 5.90. The zero-order valence-electron chi connectivity index (χ0n) is 18.8. The van der Waals surface area contributed by atoms with Crippen molar-refractivity contribution in [3.05, 3.63) is 126 Å². The monoisotopic (exact) mass is 447 g/mol. The van der Waals surface area contributed by atoms with Gasteiger partial charge in [0.1, 0.15) is 17.6 Å². The highest BCUT2D eigenvalue weighted by atomic mass is 16.5. The van der Waals surface area contributed by atoms with Crippen LogP contribution in [0.25, 0.3) is 27.5 Å². The molecule has 0 saturated carbocycles. The quantitative estimate of drug-likeness (QED) is 0.320. The molecule has 34 heavy (non-hydrogen) atoms. The molecule has 1 aliphatic heterocycles. The Labute approximate surface area is 198 Å². The normalized spacial score (nSPS) is 13.9. The molecular weight excluding hydrogens is 422 g/mol. The number of ether oxygens (including phenoxy) is 1. The maximum Gasteiger partial charge on any atom is 0.116 e. The van der Waals surface area contributed by atoms with Gasteiger partial charge in [-0.25, -0.2) is 0 Å². The van der Waals surface area contributed by atoms with E-state index in [1.54, 1.807) is 31.4 Å². The summed E-state index contributed by atoms with van der Waals surface area (Å²) in [4.78, 5) is 0. The van der Waals surface area contributed by atoms with Crippen LogP contribution in [0.2, 0.25) is 0 Å². The molecule has 0 spiro atoms. The zero-order valence-corrected chi connectivity index (χ0v) is 18.8. The van der Waals surface area contributed by atoms with Crippen LogP contribution in [0.3, 0.4) is 0 Å². The van der Waals surface area contributed by atoms with Gasteiger partial charge in [-0.05, 0) is 75.0 Å². The first-order chi connectivity index (χ1) is 16.6. The minimum absolute atomic E-state index is 0.224. The predicted molar refractivity (Wildman–Crippen MR) is 137 cm³/mol. The van der Waals surface area contributed by atoms with E-state index in [1.807, 2.05) is 54.9 Å². The van der Waals surface area contributed by atoms with Gasteiger partial charge in [0, 0.05) is 25.1 Å². The van der Waals surface area contributed by atoms with Crippen molar-refractivity contribution in [2.75, 3.05) is 7.11 Å². The van der Waals surface area contributed by atoms with Gasteiger partial charge in [-0.2, -0.15) is 0 Å². The van der Waals surface area contributed by atoms with Crippen LogP contribution >= 0.6 is 0 Å². The molecule has 0 aromatic heterocycles. The second kappa shape index (κ2) is 9.30. The third kappa shape index (κ3) is 4.19. The lowest BCUT2D eigenvalue weighted by Crippen LogP contribution is -2.06. The number of rotatable bonds is 5. The van der Waals surface area contributed by atoms with E-state index in [-0.39, 0.29) is 17.6 Å². The number of phenols is 2. The van der Waals surface area contributed by atoms with Gasteiger partial charge in [0.25, 0.3) is 0 Å². The minimum Gasteiger partial charge on any atom is -0.508 e. The van der Waals surface area contributed by atoms with Gasteiger partial charge < -0.3 is 20.3 Å². The Bertz CT molecular complexity index is 1410. The summed E-state index contributed by atoms with van der Waals surface area (Å²) in [6, 6.07) is 25.0. The highest BCUT2D eigenvalue weighted by Gasteiger charge is 2.21. The molecule has 0 aliphatic carbocycles. The van der Waals surface area contributed by atoms with E-state index in [0.717, 1.165) is 44.2 Å². The number of benzene rings is 4. The van der Waals surface area contributed by atoms with Crippen molar-refractivity contribution in [3.63, 3.8) is 0 Å². The number of phenolic OH excluding ortho intramolecular Hbond substituents is 2. The van der Waals surface area contributed by atoms with E-state index in [9.17, 15) is 10.2 Å². The standard InChI is InChI=1S/C30H25NO3/c1-34-30(23-6-4-21(5-7-23)20-3-2-17-31-18-16-20)29-27(22-8-11-25(32)12-9-22)14-10-24-19-26(33)13-15-28(24)29/h2-19,30-33H,1H3. The van der Waals surface area contributed by atoms with Gasteiger partial charge >= 0.3 is 0 Å². The number of allylic oxidation sites excluding steroid dienone is 4. The number of aromatic hydroxyl groups is 2. The first-order valence-electron chi connectivity index (χ1n) is 11.1. The SMILES string of the molecule is COC(c1ccc(C2=CC=CNC=C2)cc1)c1c(-c2ccc(O)cc2)ccc2cc(O)ccc12. The van der Waals surface area contributed by atoms with Gasteiger partial charge in [0.2, 0.25) is 0 Å². The van der Waals surface area contributed by atoms with Crippen LogP contribution in [0.1, 0.15) is 22.8 Å². The predicted octanol–water partition coefficient (Wildman–Crippen LogP) is 6.67. The summed E-state index contributed by atoms with van der Waals surface area (Å²) in [5.41, 5.74) is 6.27. The summed E-state index contributed by atoms with van der Waals surface area (Å²) in [6.07, 6.45) is 9.57. The summed E-state index contributed by atoms with van der Waals surface area (Å²) in [7, 11) is 1.71. The fourth-order valence-electron chi connectivity index (χ4n) is 4.44. The van der Waals surface area contributed by atoms with Crippen LogP contribution in [0.5, 0.6) is 11.5 Å². The van der Waals surface area contributed by atoms with Crippen LogP contribution in [-0.2, 0) is 4.74 Å². The van der Waals surface area contributed by atoms with Gasteiger partial charge in [-0.15, -0.1) is 0 Å². The second-order valence-electron chi connectivity index (χ2n) is 8.20. The van der Waals surface area contributed by atoms with E-state index < -0.39 is 0 Å². The molecule has 168 valence electrons. The first kappa shape index (κ1) is 21.6. The summed E-state index contributed by atoms with van der Waals surface area (Å²) in [5.74, 6) is 0.448. The van der Waals surface area contributed by atoms with E-state index in [0.29, 0.717) is 0 Å². The lowest BCUT2D eigenvalue weighted by molar-refractivity contribution is 0.138. The smallest absolute Gasteiger partial charge is 0.116 e. The number of nitrogens with one attached hydrogen (secondary N) is 1. The fourth-order valence-corrected chi connectivity index (χ4v) is 4.44. The van der Waals surface area contributed by atoms with Crippen LogP contribution in [-0.4, -0.2) is 17.3 Å². The van der Waals surface area contributed by atoms with Crippen molar-refractivity contribution < 1.29 is 14.9 Å². The minimum atomic E-state index is -0.327. The lowest BCUT2D eigenvalue weighted by atomic mass is 9.87. The molecule has 0 amide bonds. The molecule has 0 fully saturated rings. The number of hydrogen-bond acceptors (Lipinski definition) is 4. The zero-order chi connectivity index (χ0) is 23.5. The van der Waals surface area contributed by atoms with Gasteiger partial charge in [0.15, 0.2) is 0 Å². The summed E-state index contributed by atoms with van der Waals surface area (Å²) in [5, 5.41) is 24.9. The van der Waals surface area contributed by atoms with Crippen molar-refractivity contribution in [2.45, 2.75) is 6.10 Å². The van der Waals surface area contributed by atoms with Gasteiger partial charge in [0.05, 0.1) is 0 Å². The molecule has 4 nitrogen and oxygen atoms in total. The fraction of sp³-hybridized carbons (Fsp3) is 0.0667. The molecule has 4 aromatic carbocycles. The van der Waals surface area contributed by atoms with E-state index in [4.69, 9.17) is 4.74 Å². The van der Waals surface area contributed by atoms with Crippen molar-refractivity contribution in [3.8, 4) is 22.6 Å². The molecule has 1 unspecified atom stereocenters. The third-order valence-corrected chi connectivity index (χ3v) is 6.10. The average Bonchev–Trinajstić information content (AvgIpc) is 3.15. The molecule has 4 aromatic rings. The maximum atomic E-state index is 10.0. The summed E-state index contributed by atoms with van der Waals surface area (Å²) in [6.45, 7) is 0. The molecule has 0 bridgehead atoms. The summed E-state index contributed by atoms with van der Waals surface area (Å²) < 4.78 is 6.09. The summed E-state index contributed by atoms with van der Waals surface area (Å²) >= 11 is 0. The molecule has 1 atom stereocenters. The lowest BCUT2D eigenvalue weighted by Gasteiger charge is -2.23. The molecule has 0 saturated heterocycles. The second-order valence-corrected chi connectivity index (χ2v) is 8.20. The third-order valence-electron chi connectivity index (χ3n) is 6.10. The first-order valence-corrected chi connectivity index (χ1v) is 11.1. The largest absolute Gasteiger partial charge is 0.508 e. The van der Waals surface area contributed by atoms with Crippen LogP contribution < -0.4 is 5.32 Å². The Morgan fingerprint density at radius 1 is 0.765 bits per heavy atom. The Morgan fingerprint density at radius 3 is 2.26 bits per heavy atom. The number of fused-ring (bicyclic) bond motifs is 1. The maximum absolute atomic E-state index is 10.0. The molecule has 1 heterocycles. The molecule has 0 radical (unpaired) electrons. The molecule has 1 aliphatic rings. The van der Waals surface area contributed by atoms with E-state index >= 15 is 0 Å². The number of methoxy groups -OCH3 is 1. The Morgan fingerprint density at radius 2 is 1.50 bits per heavy atom. The Hall–Kier alpha value is -4.28. The van der Waals surface area contributed by atoms with Gasteiger partial charge in [-0.3, -0.25) is 0 Å². The highest BCUT2D eigenvalue weighted by Crippen LogP contribution is 2.40. The topological polar surface area (TPSA) is 61.7 Å². The molecule has 5 rings (SSSR count). The highest BCUT2D eigenvalue weighted by molar-refractivity contribution is 5.93. The molecule has 3 N–H and O–H groups in total. The van der Waals surface area contributed by atoms with E-state index in [2.05, 4.69) is 35.7 Å². The van der Waals surface area contributed by atoms with Crippen molar-refractivity contribution >= 4 is 16.3 Å². The van der Waals surface area contributed by atoms with Crippen molar-refractivity contribution in [1.82, 2.24) is 5.32 Å². The van der Waals surface area contributed by atoms with Crippen LogP contribution in [0.4, 0.5) is 0 Å². The Balaban J connectivity index is 1.65.